The zero-order valence-electron chi connectivity index (χ0n) is 16.2. The van der Waals surface area contributed by atoms with Crippen molar-refractivity contribution in [2.75, 3.05) is 0 Å². The molecule has 2 heterocycles. The first-order chi connectivity index (χ1) is 14.5. The summed E-state index contributed by atoms with van der Waals surface area (Å²) in [6, 6.07) is 13.6. The monoisotopic (exact) mass is 441 g/mol. The Morgan fingerprint density at radius 2 is 1.83 bits per heavy atom. The maximum absolute atomic E-state index is 14.1. The van der Waals surface area contributed by atoms with Gasteiger partial charge in [-0.05, 0) is 32.0 Å². The summed E-state index contributed by atoms with van der Waals surface area (Å²) in [5.74, 6) is -0.259. The van der Waals surface area contributed by atoms with E-state index in [4.69, 9.17) is 16.1 Å². The quantitative estimate of drug-likeness (QED) is 0.424. The topological polar surface area (TPSA) is 68.0 Å². The number of aryl methyl sites for hydroxylation is 2. The van der Waals surface area contributed by atoms with Crippen molar-refractivity contribution in [3.8, 4) is 21.8 Å². The molecule has 5 nitrogen and oxygen atoms in total. The van der Waals surface area contributed by atoms with Gasteiger partial charge < -0.3 is 9.84 Å². The number of amides is 1. The van der Waals surface area contributed by atoms with E-state index in [1.165, 1.54) is 17.4 Å². The standard InChI is InChI=1S/C22H17ClFN3O2S/c1-12-18(30-22(26-12)15-8-4-6-10-17(15)24)11-25-21(28)19-13(2)29-27-20(19)14-7-3-5-9-16(14)23/h3-10H,11H2,1-2H3,(H,25,28). The van der Waals surface area contributed by atoms with Crippen molar-refractivity contribution in [3.05, 3.63) is 81.3 Å². The van der Waals surface area contributed by atoms with Crippen LogP contribution < -0.4 is 5.32 Å². The van der Waals surface area contributed by atoms with Crippen molar-refractivity contribution in [2.45, 2.75) is 20.4 Å². The van der Waals surface area contributed by atoms with Crippen LogP contribution in [0.4, 0.5) is 4.39 Å². The Bertz CT molecular complexity index is 1230. The molecular weight excluding hydrogens is 425 g/mol. The fourth-order valence-electron chi connectivity index (χ4n) is 3.07. The molecule has 30 heavy (non-hydrogen) atoms. The largest absolute Gasteiger partial charge is 0.360 e. The van der Waals surface area contributed by atoms with Crippen molar-refractivity contribution in [2.24, 2.45) is 0 Å². The van der Waals surface area contributed by atoms with Crippen LogP contribution in [0.1, 0.15) is 26.7 Å². The molecule has 1 amide bonds. The van der Waals surface area contributed by atoms with Gasteiger partial charge in [-0.15, -0.1) is 11.3 Å². The molecule has 0 aliphatic rings. The minimum atomic E-state index is -0.330. The van der Waals surface area contributed by atoms with Gasteiger partial charge in [0.25, 0.3) is 5.91 Å². The van der Waals surface area contributed by atoms with Crippen LogP contribution in [0, 0.1) is 19.7 Å². The molecule has 0 saturated heterocycles. The number of carbonyl (C=O) groups is 1. The fourth-order valence-corrected chi connectivity index (χ4v) is 4.32. The van der Waals surface area contributed by atoms with E-state index < -0.39 is 0 Å². The number of halogens is 2. The third-order valence-corrected chi connectivity index (χ3v) is 6.15. The van der Waals surface area contributed by atoms with Crippen LogP contribution in [-0.2, 0) is 6.54 Å². The summed E-state index contributed by atoms with van der Waals surface area (Å²) in [6.45, 7) is 3.77. The Hall–Kier alpha value is -3.03. The van der Waals surface area contributed by atoms with Gasteiger partial charge in [0.2, 0.25) is 0 Å². The van der Waals surface area contributed by atoms with Crippen LogP contribution in [0.3, 0.4) is 0 Å². The molecule has 0 bridgehead atoms. The zero-order chi connectivity index (χ0) is 21.3. The molecule has 1 N–H and O–H groups in total. The van der Waals surface area contributed by atoms with Crippen molar-refractivity contribution < 1.29 is 13.7 Å². The molecule has 4 rings (SSSR count). The summed E-state index contributed by atoms with van der Waals surface area (Å²) in [5, 5.41) is 7.96. The Labute approximate surface area is 181 Å². The van der Waals surface area contributed by atoms with E-state index in [9.17, 15) is 9.18 Å². The average Bonchev–Trinajstić information content (AvgIpc) is 3.29. The molecule has 0 aliphatic carbocycles. The number of aromatic nitrogens is 2. The second-order valence-electron chi connectivity index (χ2n) is 6.63. The van der Waals surface area contributed by atoms with Gasteiger partial charge in [0.15, 0.2) is 0 Å². The SMILES string of the molecule is Cc1nc(-c2ccccc2F)sc1CNC(=O)c1c(-c2ccccc2Cl)noc1C. The third-order valence-electron chi connectivity index (χ3n) is 4.63. The van der Waals surface area contributed by atoms with Gasteiger partial charge in [0.05, 0.1) is 17.3 Å². The van der Waals surface area contributed by atoms with Crippen LogP contribution in [0.2, 0.25) is 5.02 Å². The average molecular weight is 442 g/mol. The van der Waals surface area contributed by atoms with Gasteiger partial charge in [0.1, 0.15) is 27.8 Å². The highest BCUT2D eigenvalue weighted by Gasteiger charge is 2.23. The summed E-state index contributed by atoms with van der Waals surface area (Å²) in [4.78, 5) is 18.2. The number of rotatable bonds is 5. The van der Waals surface area contributed by atoms with Gasteiger partial charge in [-0.1, -0.05) is 47.1 Å². The summed E-state index contributed by atoms with van der Waals surface area (Å²) < 4.78 is 19.3. The summed E-state index contributed by atoms with van der Waals surface area (Å²) in [7, 11) is 0. The molecule has 0 unspecified atom stereocenters. The number of nitrogens with one attached hydrogen (secondary N) is 1. The second kappa shape index (κ2) is 8.38. The molecule has 0 saturated carbocycles. The maximum Gasteiger partial charge on any atom is 0.257 e. The predicted octanol–water partition coefficient (Wildman–Crippen LogP) is 5.80. The van der Waals surface area contributed by atoms with Gasteiger partial charge in [0, 0.05) is 16.0 Å². The highest BCUT2D eigenvalue weighted by atomic mass is 35.5. The molecule has 0 aliphatic heterocycles. The molecule has 4 aromatic rings. The van der Waals surface area contributed by atoms with Crippen molar-refractivity contribution in [1.29, 1.82) is 0 Å². The Morgan fingerprint density at radius 1 is 1.13 bits per heavy atom. The molecule has 152 valence electrons. The van der Waals surface area contributed by atoms with E-state index in [1.54, 1.807) is 43.3 Å². The van der Waals surface area contributed by atoms with Crippen LogP contribution in [0.5, 0.6) is 0 Å². The van der Waals surface area contributed by atoms with E-state index in [-0.39, 0.29) is 18.3 Å². The zero-order valence-corrected chi connectivity index (χ0v) is 17.8. The first-order valence-electron chi connectivity index (χ1n) is 9.16. The number of hydrogen-bond donors (Lipinski definition) is 1. The van der Waals surface area contributed by atoms with E-state index >= 15 is 0 Å². The van der Waals surface area contributed by atoms with Gasteiger partial charge in [-0.25, -0.2) is 9.37 Å². The minimum absolute atomic E-state index is 0.253. The Kier molecular flexibility index (Phi) is 5.65. The Balaban J connectivity index is 1.57. The molecule has 2 aromatic carbocycles. The summed E-state index contributed by atoms with van der Waals surface area (Å²) >= 11 is 7.61. The van der Waals surface area contributed by atoms with Gasteiger partial charge >= 0.3 is 0 Å². The number of nitrogens with zero attached hydrogens (tertiary/aromatic N) is 2. The molecule has 0 atom stereocenters. The fraction of sp³-hybridized carbons (Fsp3) is 0.136. The molecule has 2 aromatic heterocycles. The van der Waals surface area contributed by atoms with Crippen molar-refractivity contribution in [1.82, 2.24) is 15.5 Å². The maximum atomic E-state index is 14.1. The van der Waals surface area contributed by atoms with Crippen LogP contribution >= 0.6 is 22.9 Å². The number of carbonyl (C=O) groups excluding carboxylic acids is 1. The third kappa shape index (κ3) is 3.86. The van der Waals surface area contributed by atoms with Crippen LogP contribution in [0.25, 0.3) is 21.8 Å². The molecule has 0 spiro atoms. The molecule has 8 heteroatoms. The lowest BCUT2D eigenvalue weighted by Crippen LogP contribution is -2.23. The molecule has 0 radical (unpaired) electrons. The number of hydrogen-bond acceptors (Lipinski definition) is 5. The van der Waals surface area contributed by atoms with Crippen LogP contribution in [0.15, 0.2) is 53.1 Å². The first kappa shape index (κ1) is 20.3. The van der Waals surface area contributed by atoms with E-state index in [2.05, 4.69) is 15.5 Å². The van der Waals surface area contributed by atoms with Crippen LogP contribution in [-0.4, -0.2) is 16.0 Å². The van der Waals surface area contributed by atoms with E-state index in [1.807, 2.05) is 13.0 Å². The van der Waals surface area contributed by atoms with Crippen molar-refractivity contribution >= 4 is 28.8 Å². The van der Waals surface area contributed by atoms with Gasteiger partial charge in [-0.2, -0.15) is 0 Å². The normalized spacial score (nSPS) is 10.9. The highest BCUT2D eigenvalue weighted by molar-refractivity contribution is 7.15. The Morgan fingerprint density at radius 3 is 2.57 bits per heavy atom. The summed E-state index contributed by atoms with van der Waals surface area (Å²) in [6.07, 6.45) is 0. The number of thiazole rings is 1. The summed E-state index contributed by atoms with van der Waals surface area (Å²) in [5.41, 5.74) is 2.53. The van der Waals surface area contributed by atoms with Crippen molar-refractivity contribution in [3.63, 3.8) is 0 Å². The van der Waals surface area contributed by atoms with E-state index in [0.717, 1.165) is 10.6 Å². The smallest absolute Gasteiger partial charge is 0.257 e. The minimum Gasteiger partial charge on any atom is -0.360 e. The molecule has 0 fully saturated rings. The van der Waals surface area contributed by atoms with Gasteiger partial charge in [-0.3, -0.25) is 4.79 Å². The lowest BCUT2D eigenvalue weighted by atomic mass is 10.1. The number of benzene rings is 2. The van der Waals surface area contributed by atoms with E-state index in [0.29, 0.717) is 38.2 Å². The predicted molar refractivity (Wildman–Crippen MR) is 115 cm³/mol. The lowest BCUT2D eigenvalue weighted by Gasteiger charge is -2.06. The first-order valence-corrected chi connectivity index (χ1v) is 10.4. The molecular formula is C22H17ClFN3O2S. The lowest BCUT2D eigenvalue weighted by molar-refractivity contribution is 0.0950. The highest BCUT2D eigenvalue weighted by Crippen LogP contribution is 2.32. The second-order valence-corrected chi connectivity index (χ2v) is 8.12.